The van der Waals surface area contributed by atoms with Crippen molar-refractivity contribution in [1.29, 1.82) is 0 Å². The molecule has 0 spiro atoms. The van der Waals surface area contributed by atoms with Gasteiger partial charge in [-0.2, -0.15) is 0 Å². The molecule has 0 fully saturated rings. The van der Waals surface area contributed by atoms with Gasteiger partial charge in [0.2, 0.25) is 0 Å². The van der Waals surface area contributed by atoms with Gasteiger partial charge in [-0.1, -0.05) is 26.7 Å². The van der Waals surface area contributed by atoms with Crippen molar-refractivity contribution in [2.75, 3.05) is 7.05 Å². The number of halogens is 1. The summed E-state index contributed by atoms with van der Waals surface area (Å²) < 4.78 is 6.39. The molecule has 0 aliphatic carbocycles. The summed E-state index contributed by atoms with van der Waals surface area (Å²) in [6, 6.07) is 4.32. The first-order valence-corrected chi connectivity index (χ1v) is 6.43. The third-order valence-corrected chi connectivity index (χ3v) is 3.44. The second-order valence-corrected chi connectivity index (χ2v) is 4.68. The molecule has 0 aliphatic rings. The molecule has 2 nitrogen and oxygen atoms in total. The van der Waals surface area contributed by atoms with E-state index >= 15 is 0 Å². The lowest BCUT2D eigenvalue weighted by atomic mass is 9.94. The summed E-state index contributed by atoms with van der Waals surface area (Å²) in [5.41, 5.74) is 0. The van der Waals surface area contributed by atoms with E-state index in [-0.39, 0.29) is 0 Å². The molecule has 1 N–H and O–H groups in total. The van der Waals surface area contributed by atoms with Gasteiger partial charge in [0.15, 0.2) is 4.67 Å². The molecule has 86 valence electrons. The normalized spacial score (nSPS) is 13.4. The molecule has 15 heavy (non-hydrogen) atoms. The van der Waals surface area contributed by atoms with Crippen molar-refractivity contribution in [3.8, 4) is 0 Å². The summed E-state index contributed by atoms with van der Waals surface area (Å²) in [5.74, 6) is 1.79. The number of hydrogen-bond acceptors (Lipinski definition) is 2. The zero-order chi connectivity index (χ0) is 11.3. The highest BCUT2D eigenvalue weighted by molar-refractivity contribution is 9.10. The third kappa shape index (κ3) is 3.65. The Bertz CT molecular complexity index is 281. The molecule has 0 radical (unpaired) electrons. The summed E-state index contributed by atoms with van der Waals surface area (Å²) in [5, 5.41) is 3.32. The second kappa shape index (κ2) is 6.33. The van der Waals surface area contributed by atoms with Crippen LogP contribution in [-0.2, 0) is 0 Å². The maximum atomic E-state index is 5.58. The number of hydrogen-bond donors (Lipinski definition) is 1. The molecule has 1 unspecified atom stereocenters. The molecule has 0 amide bonds. The molecule has 1 rings (SSSR count). The maximum absolute atomic E-state index is 5.58. The van der Waals surface area contributed by atoms with Gasteiger partial charge in [0.1, 0.15) is 5.76 Å². The summed E-state index contributed by atoms with van der Waals surface area (Å²) in [6.45, 7) is 4.50. The monoisotopic (exact) mass is 273 g/mol. The summed E-state index contributed by atoms with van der Waals surface area (Å²) in [6.07, 6.45) is 3.61. The van der Waals surface area contributed by atoms with Gasteiger partial charge in [0.25, 0.3) is 0 Å². The van der Waals surface area contributed by atoms with Crippen molar-refractivity contribution >= 4 is 15.9 Å². The predicted octanol–water partition coefficient (Wildman–Crippen LogP) is 4.13. The van der Waals surface area contributed by atoms with E-state index in [9.17, 15) is 0 Å². The fourth-order valence-electron chi connectivity index (χ4n) is 1.85. The first-order valence-electron chi connectivity index (χ1n) is 5.63. The molecule has 1 atom stereocenters. The van der Waals surface area contributed by atoms with Crippen molar-refractivity contribution < 1.29 is 4.42 Å². The lowest BCUT2D eigenvalue weighted by molar-refractivity contribution is 0.337. The van der Waals surface area contributed by atoms with Gasteiger partial charge >= 0.3 is 0 Å². The van der Waals surface area contributed by atoms with Crippen LogP contribution in [0.4, 0.5) is 0 Å². The molecule has 0 aromatic carbocycles. The Labute approximate surface area is 101 Å². The van der Waals surface area contributed by atoms with Gasteiger partial charge in [-0.3, -0.25) is 0 Å². The van der Waals surface area contributed by atoms with E-state index in [4.69, 9.17) is 4.42 Å². The molecule has 0 saturated heterocycles. The van der Waals surface area contributed by atoms with Crippen molar-refractivity contribution in [3.05, 3.63) is 22.6 Å². The second-order valence-electron chi connectivity index (χ2n) is 3.90. The van der Waals surface area contributed by atoms with E-state index in [1.54, 1.807) is 0 Å². The topological polar surface area (TPSA) is 25.2 Å². The summed E-state index contributed by atoms with van der Waals surface area (Å²) >= 11 is 3.34. The third-order valence-electron chi connectivity index (χ3n) is 3.01. The number of rotatable bonds is 6. The van der Waals surface area contributed by atoms with E-state index in [0.717, 1.165) is 22.8 Å². The maximum Gasteiger partial charge on any atom is 0.169 e. The van der Waals surface area contributed by atoms with Crippen LogP contribution in [0, 0.1) is 5.92 Å². The fourth-order valence-corrected chi connectivity index (χ4v) is 2.17. The van der Waals surface area contributed by atoms with Crippen LogP contribution < -0.4 is 5.32 Å². The lowest BCUT2D eigenvalue weighted by Gasteiger charge is -2.19. The van der Waals surface area contributed by atoms with E-state index in [0.29, 0.717) is 6.04 Å². The van der Waals surface area contributed by atoms with Crippen LogP contribution in [0.5, 0.6) is 0 Å². The quantitative estimate of drug-likeness (QED) is 0.843. The van der Waals surface area contributed by atoms with E-state index in [2.05, 4.69) is 35.1 Å². The van der Waals surface area contributed by atoms with Crippen molar-refractivity contribution in [2.24, 2.45) is 5.92 Å². The Hall–Kier alpha value is -0.280. The van der Waals surface area contributed by atoms with E-state index < -0.39 is 0 Å². The van der Waals surface area contributed by atoms with Crippen LogP contribution in [0.2, 0.25) is 0 Å². The molecule has 1 heterocycles. The van der Waals surface area contributed by atoms with Crippen LogP contribution in [0.3, 0.4) is 0 Å². The number of furan rings is 1. The minimum absolute atomic E-state index is 0.334. The minimum atomic E-state index is 0.334. The number of nitrogens with one attached hydrogen (secondary N) is 1. The highest BCUT2D eigenvalue weighted by Gasteiger charge is 2.17. The van der Waals surface area contributed by atoms with Gasteiger partial charge in [-0.05, 0) is 47.4 Å². The Morgan fingerprint density at radius 2 is 2.00 bits per heavy atom. The van der Waals surface area contributed by atoms with Crippen LogP contribution in [0.25, 0.3) is 0 Å². The summed E-state index contributed by atoms with van der Waals surface area (Å²) in [7, 11) is 1.99. The standard InChI is InChI=1S/C12H20BrNO/c1-4-9(5-2)8-10(14-3)11-6-7-12(13)15-11/h6-7,9-10,14H,4-5,8H2,1-3H3. The zero-order valence-corrected chi connectivity index (χ0v) is 11.3. The van der Waals surface area contributed by atoms with Crippen LogP contribution in [-0.4, -0.2) is 7.05 Å². The minimum Gasteiger partial charge on any atom is -0.453 e. The van der Waals surface area contributed by atoms with Gasteiger partial charge in [-0.25, -0.2) is 0 Å². The summed E-state index contributed by atoms with van der Waals surface area (Å²) in [4.78, 5) is 0. The van der Waals surface area contributed by atoms with Crippen LogP contribution >= 0.6 is 15.9 Å². The van der Waals surface area contributed by atoms with E-state index in [1.165, 1.54) is 12.8 Å². The molecule has 0 bridgehead atoms. The molecule has 0 saturated carbocycles. The van der Waals surface area contributed by atoms with Crippen LogP contribution in [0.1, 0.15) is 44.9 Å². The lowest BCUT2D eigenvalue weighted by Crippen LogP contribution is -2.19. The molecule has 1 aromatic heterocycles. The first-order chi connectivity index (χ1) is 7.21. The molecule has 3 heteroatoms. The first kappa shape index (κ1) is 12.8. The van der Waals surface area contributed by atoms with Gasteiger partial charge in [-0.15, -0.1) is 0 Å². The molecule has 0 aliphatic heterocycles. The molecule has 1 aromatic rings. The zero-order valence-electron chi connectivity index (χ0n) is 9.72. The molecular weight excluding hydrogens is 254 g/mol. The Kier molecular flexibility index (Phi) is 5.40. The van der Waals surface area contributed by atoms with Crippen LogP contribution in [0.15, 0.2) is 21.2 Å². The van der Waals surface area contributed by atoms with Gasteiger partial charge < -0.3 is 9.73 Å². The average molecular weight is 274 g/mol. The van der Waals surface area contributed by atoms with Crippen molar-refractivity contribution in [2.45, 2.75) is 39.2 Å². The van der Waals surface area contributed by atoms with Gasteiger partial charge in [0.05, 0.1) is 6.04 Å². The molecular formula is C12H20BrNO. The fraction of sp³-hybridized carbons (Fsp3) is 0.667. The highest BCUT2D eigenvalue weighted by Crippen LogP contribution is 2.27. The Morgan fingerprint density at radius 1 is 1.33 bits per heavy atom. The Morgan fingerprint density at radius 3 is 2.40 bits per heavy atom. The van der Waals surface area contributed by atoms with E-state index in [1.807, 2.05) is 19.2 Å². The largest absolute Gasteiger partial charge is 0.453 e. The van der Waals surface area contributed by atoms with Crippen molar-refractivity contribution in [3.63, 3.8) is 0 Å². The van der Waals surface area contributed by atoms with Crippen molar-refractivity contribution in [1.82, 2.24) is 5.32 Å². The highest BCUT2D eigenvalue weighted by atomic mass is 79.9. The van der Waals surface area contributed by atoms with Gasteiger partial charge in [0, 0.05) is 0 Å². The average Bonchev–Trinajstić information content (AvgIpc) is 2.67. The predicted molar refractivity (Wildman–Crippen MR) is 66.9 cm³/mol. The SMILES string of the molecule is CCC(CC)CC(NC)c1ccc(Br)o1. The Balaban J connectivity index is 2.63. The smallest absolute Gasteiger partial charge is 0.169 e.